The number of halogens is 1. The lowest BCUT2D eigenvalue weighted by Crippen LogP contribution is -2.35. The highest BCUT2D eigenvalue weighted by Crippen LogP contribution is 2.31. The fourth-order valence-electron chi connectivity index (χ4n) is 3.15. The van der Waals surface area contributed by atoms with Crippen LogP contribution in [0.15, 0.2) is 53.1 Å². The van der Waals surface area contributed by atoms with E-state index in [1.54, 1.807) is 36.3 Å². The van der Waals surface area contributed by atoms with E-state index in [0.717, 1.165) is 28.3 Å². The van der Waals surface area contributed by atoms with E-state index in [4.69, 9.17) is 20.9 Å². The molecule has 1 aliphatic heterocycles. The number of benzene rings is 2. The van der Waals surface area contributed by atoms with Gasteiger partial charge in [-0.3, -0.25) is 4.79 Å². The Morgan fingerprint density at radius 3 is 2.58 bits per heavy atom. The fourth-order valence-corrected chi connectivity index (χ4v) is 3.27. The molecule has 5 nitrogen and oxygen atoms in total. The molecule has 1 aliphatic rings. The summed E-state index contributed by atoms with van der Waals surface area (Å²) >= 11 is 5.95. The van der Waals surface area contributed by atoms with Crippen LogP contribution in [-0.4, -0.2) is 29.6 Å². The Morgan fingerprint density at radius 2 is 1.88 bits per heavy atom. The first-order valence-electron chi connectivity index (χ1n) is 8.32. The molecule has 0 fully saturated rings. The summed E-state index contributed by atoms with van der Waals surface area (Å²) in [7, 11) is 1.60. The maximum absolute atomic E-state index is 12.7. The molecule has 2 heterocycles. The van der Waals surface area contributed by atoms with Crippen LogP contribution in [0.1, 0.15) is 21.6 Å². The number of ether oxygens (including phenoxy) is 1. The van der Waals surface area contributed by atoms with Crippen molar-refractivity contribution in [3.63, 3.8) is 0 Å². The van der Waals surface area contributed by atoms with Crippen molar-refractivity contribution in [2.45, 2.75) is 13.0 Å². The van der Waals surface area contributed by atoms with Crippen LogP contribution in [0.3, 0.4) is 0 Å². The molecule has 0 bridgehead atoms. The molecule has 0 saturated carbocycles. The van der Waals surface area contributed by atoms with Gasteiger partial charge in [0.1, 0.15) is 11.4 Å². The Labute approximate surface area is 156 Å². The number of amides is 1. The molecule has 0 radical (unpaired) electrons. The first kappa shape index (κ1) is 16.7. The van der Waals surface area contributed by atoms with Crippen molar-refractivity contribution in [2.75, 3.05) is 13.7 Å². The van der Waals surface area contributed by atoms with Gasteiger partial charge >= 0.3 is 0 Å². The van der Waals surface area contributed by atoms with Gasteiger partial charge in [-0.05, 0) is 55.0 Å². The molecule has 6 heteroatoms. The zero-order valence-electron chi connectivity index (χ0n) is 14.2. The van der Waals surface area contributed by atoms with Crippen LogP contribution in [0.25, 0.3) is 11.3 Å². The maximum atomic E-state index is 12.7. The highest BCUT2D eigenvalue weighted by Gasteiger charge is 2.27. The quantitative estimate of drug-likeness (QED) is 0.695. The lowest BCUT2D eigenvalue weighted by atomic mass is 10.00. The Kier molecular flexibility index (Phi) is 4.39. The van der Waals surface area contributed by atoms with Crippen LogP contribution in [0.5, 0.6) is 5.75 Å². The number of carbonyl (C=O) groups excluding carboxylic acids is 1. The van der Waals surface area contributed by atoms with Gasteiger partial charge in [-0.1, -0.05) is 16.8 Å². The van der Waals surface area contributed by atoms with Gasteiger partial charge in [0, 0.05) is 28.3 Å². The second kappa shape index (κ2) is 6.84. The summed E-state index contributed by atoms with van der Waals surface area (Å²) in [6.07, 6.45) is 0.707. The van der Waals surface area contributed by atoms with Gasteiger partial charge in [0.15, 0.2) is 5.76 Å². The van der Waals surface area contributed by atoms with Crippen LogP contribution in [0, 0.1) is 0 Å². The molecule has 26 heavy (non-hydrogen) atoms. The lowest BCUT2D eigenvalue weighted by molar-refractivity contribution is 0.0731. The highest BCUT2D eigenvalue weighted by molar-refractivity contribution is 6.30. The summed E-state index contributed by atoms with van der Waals surface area (Å²) in [5, 5.41) is 4.87. The summed E-state index contributed by atoms with van der Waals surface area (Å²) in [6, 6.07) is 14.6. The van der Waals surface area contributed by atoms with E-state index in [-0.39, 0.29) is 5.91 Å². The molecule has 0 unspecified atom stereocenters. The Balaban J connectivity index is 1.55. The molecule has 4 rings (SSSR count). The molecular weight excluding hydrogens is 352 g/mol. The van der Waals surface area contributed by atoms with Gasteiger partial charge in [-0.2, -0.15) is 0 Å². The zero-order valence-corrected chi connectivity index (χ0v) is 15.0. The topological polar surface area (TPSA) is 55.6 Å². The lowest BCUT2D eigenvalue weighted by Gasteiger charge is -2.26. The number of nitrogens with zero attached hydrogens (tertiary/aromatic N) is 2. The predicted octanol–water partition coefficient (Wildman–Crippen LogP) is 4.20. The normalized spacial score (nSPS) is 13.4. The smallest absolute Gasteiger partial charge is 0.254 e. The molecule has 0 N–H and O–H groups in total. The minimum Gasteiger partial charge on any atom is -0.497 e. The number of methoxy groups -OCH3 is 1. The summed E-state index contributed by atoms with van der Waals surface area (Å²) < 4.78 is 10.7. The molecule has 132 valence electrons. The zero-order chi connectivity index (χ0) is 18.1. The van der Waals surface area contributed by atoms with E-state index < -0.39 is 0 Å². The van der Waals surface area contributed by atoms with Crippen LogP contribution in [0.2, 0.25) is 5.02 Å². The summed E-state index contributed by atoms with van der Waals surface area (Å²) in [6.45, 7) is 1.07. The predicted molar refractivity (Wildman–Crippen MR) is 98.4 cm³/mol. The van der Waals surface area contributed by atoms with Crippen LogP contribution >= 0.6 is 11.6 Å². The van der Waals surface area contributed by atoms with Gasteiger partial charge in [0.2, 0.25) is 0 Å². The molecule has 0 aliphatic carbocycles. The van der Waals surface area contributed by atoms with Crippen molar-refractivity contribution in [3.8, 4) is 17.1 Å². The molecular formula is C20H17ClN2O3. The van der Waals surface area contributed by atoms with Crippen molar-refractivity contribution in [2.24, 2.45) is 0 Å². The Morgan fingerprint density at radius 1 is 1.15 bits per heavy atom. The van der Waals surface area contributed by atoms with Crippen molar-refractivity contribution in [3.05, 3.63) is 70.4 Å². The average molecular weight is 369 g/mol. The van der Waals surface area contributed by atoms with E-state index in [1.807, 2.05) is 24.3 Å². The van der Waals surface area contributed by atoms with E-state index in [2.05, 4.69) is 5.16 Å². The maximum Gasteiger partial charge on any atom is 0.254 e. The van der Waals surface area contributed by atoms with Crippen LogP contribution < -0.4 is 4.74 Å². The molecule has 0 spiro atoms. The standard InChI is InChI=1S/C20H17ClN2O3/c1-25-16-8-4-14(5-9-16)20(24)23-11-10-17-18(12-23)22-26-19(17)13-2-6-15(21)7-3-13/h2-9H,10-12H2,1H3. The van der Waals surface area contributed by atoms with Crippen molar-refractivity contribution < 1.29 is 14.1 Å². The number of hydrogen-bond donors (Lipinski definition) is 0. The number of aromatic nitrogens is 1. The van der Waals surface area contributed by atoms with Gasteiger partial charge in [0.05, 0.1) is 13.7 Å². The molecule has 3 aromatic rings. The molecule has 1 amide bonds. The monoisotopic (exact) mass is 368 g/mol. The van der Waals surface area contributed by atoms with E-state index in [0.29, 0.717) is 30.1 Å². The number of hydrogen-bond acceptors (Lipinski definition) is 4. The minimum atomic E-state index is -0.0191. The van der Waals surface area contributed by atoms with Gasteiger partial charge in [-0.15, -0.1) is 0 Å². The summed E-state index contributed by atoms with van der Waals surface area (Å²) in [5.41, 5.74) is 3.45. The average Bonchev–Trinajstić information content (AvgIpc) is 3.11. The Hall–Kier alpha value is -2.79. The summed E-state index contributed by atoms with van der Waals surface area (Å²) in [4.78, 5) is 14.5. The molecule has 0 saturated heterocycles. The highest BCUT2D eigenvalue weighted by atomic mass is 35.5. The minimum absolute atomic E-state index is 0.0191. The third-order valence-electron chi connectivity index (χ3n) is 4.57. The SMILES string of the molecule is COc1ccc(C(=O)N2CCc3c(noc3-c3ccc(Cl)cc3)C2)cc1. The van der Waals surface area contributed by atoms with E-state index >= 15 is 0 Å². The fraction of sp³-hybridized carbons (Fsp3) is 0.200. The number of fused-ring (bicyclic) bond motifs is 1. The molecule has 1 aromatic heterocycles. The third kappa shape index (κ3) is 3.06. The van der Waals surface area contributed by atoms with Gasteiger partial charge in [0.25, 0.3) is 5.91 Å². The second-order valence-electron chi connectivity index (χ2n) is 6.15. The van der Waals surface area contributed by atoms with E-state index in [1.165, 1.54) is 0 Å². The Bertz CT molecular complexity index is 933. The van der Waals surface area contributed by atoms with Crippen molar-refractivity contribution >= 4 is 17.5 Å². The van der Waals surface area contributed by atoms with E-state index in [9.17, 15) is 4.79 Å². The van der Waals surface area contributed by atoms with Crippen LogP contribution in [-0.2, 0) is 13.0 Å². The number of carbonyl (C=O) groups is 1. The number of rotatable bonds is 3. The van der Waals surface area contributed by atoms with Crippen molar-refractivity contribution in [1.82, 2.24) is 10.1 Å². The first-order valence-corrected chi connectivity index (χ1v) is 8.70. The van der Waals surface area contributed by atoms with Crippen molar-refractivity contribution in [1.29, 1.82) is 0 Å². The van der Waals surface area contributed by atoms with Gasteiger partial charge < -0.3 is 14.2 Å². The van der Waals surface area contributed by atoms with Gasteiger partial charge in [-0.25, -0.2) is 0 Å². The summed E-state index contributed by atoms with van der Waals surface area (Å²) in [5.74, 6) is 1.47. The van der Waals surface area contributed by atoms with Crippen LogP contribution in [0.4, 0.5) is 0 Å². The second-order valence-corrected chi connectivity index (χ2v) is 6.59. The molecule has 2 aromatic carbocycles. The first-order chi connectivity index (χ1) is 12.7. The largest absolute Gasteiger partial charge is 0.497 e. The molecule has 0 atom stereocenters. The third-order valence-corrected chi connectivity index (χ3v) is 4.82.